The number of piperidine rings is 1. The van der Waals surface area contributed by atoms with Crippen LogP contribution in [0.4, 0.5) is 0 Å². The summed E-state index contributed by atoms with van der Waals surface area (Å²) in [4.78, 5) is 19.0. The molecule has 1 N–H and O–H groups in total. The van der Waals surface area contributed by atoms with Gasteiger partial charge in [0, 0.05) is 11.5 Å². The lowest BCUT2D eigenvalue weighted by molar-refractivity contribution is -0.122. The maximum Gasteiger partial charge on any atom is 0.234 e. The third-order valence-electron chi connectivity index (χ3n) is 5.61. The van der Waals surface area contributed by atoms with Gasteiger partial charge in [-0.05, 0) is 57.1 Å². The van der Waals surface area contributed by atoms with Gasteiger partial charge in [0.25, 0.3) is 0 Å². The minimum atomic E-state index is 0.00731. The summed E-state index contributed by atoms with van der Waals surface area (Å²) < 4.78 is 16.6. The van der Waals surface area contributed by atoms with Crippen molar-refractivity contribution < 1.29 is 18.8 Å². The molecule has 1 aliphatic heterocycles. The Balaban J connectivity index is 1.14. The van der Waals surface area contributed by atoms with Gasteiger partial charge in [0.15, 0.2) is 0 Å². The van der Waals surface area contributed by atoms with Gasteiger partial charge in [0.05, 0.1) is 19.7 Å². The highest BCUT2D eigenvalue weighted by Gasteiger charge is 2.26. The number of hydrogen-bond donors (Lipinski definition) is 1. The zero-order valence-corrected chi connectivity index (χ0v) is 18.9. The fourth-order valence-corrected chi connectivity index (χ4v) is 3.86. The Hall–Kier alpha value is -3.39. The number of likely N-dealkylation sites (tertiary alicyclic amines) is 1. The second kappa shape index (κ2) is 11.5. The molecule has 0 atom stereocenters. The van der Waals surface area contributed by atoms with Gasteiger partial charge >= 0.3 is 0 Å². The fourth-order valence-electron chi connectivity index (χ4n) is 3.86. The molecule has 1 aromatic heterocycles. The molecule has 2 heterocycles. The number of rotatable bonds is 10. The maximum atomic E-state index is 12.3. The Kier molecular flexibility index (Phi) is 7.92. The summed E-state index contributed by atoms with van der Waals surface area (Å²) in [7, 11) is 0. The Morgan fingerprint density at radius 3 is 2.45 bits per heavy atom. The summed E-state index contributed by atoms with van der Waals surface area (Å²) in [5.41, 5.74) is 0.952. The van der Waals surface area contributed by atoms with Crippen molar-refractivity contribution in [2.75, 3.05) is 39.4 Å². The number of hydrogen-bond acceptors (Lipinski definition) is 7. The molecule has 8 nitrogen and oxygen atoms in total. The molecule has 0 spiro atoms. The average molecular weight is 451 g/mol. The first-order valence-electron chi connectivity index (χ1n) is 11.4. The van der Waals surface area contributed by atoms with Crippen LogP contribution < -0.4 is 14.8 Å². The van der Waals surface area contributed by atoms with E-state index in [2.05, 4.69) is 20.4 Å². The minimum Gasteiger partial charge on any atom is -0.494 e. The highest BCUT2D eigenvalue weighted by Crippen LogP contribution is 2.28. The first-order chi connectivity index (χ1) is 16.2. The van der Waals surface area contributed by atoms with Crippen molar-refractivity contribution in [3.63, 3.8) is 0 Å². The Bertz CT molecular complexity index is 999. The van der Waals surface area contributed by atoms with E-state index in [1.165, 1.54) is 0 Å². The van der Waals surface area contributed by atoms with Gasteiger partial charge < -0.3 is 19.3 Å². The molecule has 0 bridgehead atoms. The lowest BCUT2D eigenvalue weighted by Gasteiger charge is -2.29. The van der Waals surface area contributed by atoms with E-state index in [1.807, 2.05) is 61.5 Å². The number of carbonyl (C=O) groups is 1. The van der Waals surface area contributed by atoms with Crippen molar-refractivity contribution >= 4 is 5.91 Å². The fraction of sp³-hybridized carbons (Fsp3) is 0.400. The molecule has 174 valence electrons. The largest absolute Gasteiger partial charge is 0.494 e. The first-order valence-corrected chi connectivity index (χ1v) is 11.4. The zero-order valence-electron chi connectivity index (χ0n) is 18.9. The summed E-state index contributed by atoms with van der Waals surface area (Å²) in [5.74, 6) is 3.12. The number of ether oxygens (including phenoxy) is 2. The zero-order chi connectivity index (χ0) is 22.9. The summed E-state index contributed by atoms with van der Waals surface area (Å²) in [6, 6.07) is 17.3. The molecular formula is C25H30N4O4. The summed E-state index contributed by atoms with van der Waals surface area (Å²) in [5, 5.41) is 7.05. The molecule has 3 aromatic rings. The summed E-state index contributed by atoms with van der Waals surface area (Å²) in [6.07, 6.45) is 1.79. The quantitative estimate of drug-likeness (QED) is 0.473. The Labute approximate surface area is 193 Å². The van der Waals surface area contributed by atoms with Crippen molar-refractivity contribution in [2.45, 2.75) is 25.7 Å². The van der Waals surface area contributed by atoms with Crippen LogP contribution in [0.3, 0.4) is 0 Å². The summed E-state index contributed by atoms with van der Waals surface area (Å²) in [6.45, 7) is 5.50. The van der Waals surface area contributed by atoms with Crippen LogP contribution in [-0.4, -0.2) is 60.3 Å². The molecule has 2 aromatic carbocycles. The van der Waals surface area contributed by atoms with E-state index in [1.54, 1.807) is 0 Å². The van der Waals surface area contributed by atoms with Crippen LogP contribution in [0.25, 0.3) is 11.4 Å². The van der Waals surface area contributed by atoms with Gasteiger partial charge in [0.1, 0.15) is 18.1 Å². The Morgan fingerprint density at radius 1 is 1.06 bits per heavy atom. The molecule has 33 heavy (non-hydrogen) atoms. The van der Waals surface area contributed by atoms with Gasteiger partial charge in [-0.3, -0.25) is 9.69 Å². The lowest BCUT2D eigenvalue weighted by Crippen LogP contribution is -2.42. The SMILES string of the molecule is CCOc1ccc(OCCNC(=O)CN2CCC(c3nc(-c4ccccc4)no3)CC2)cc1. The van der Waals surface area contributed by atoms with Crippen LogP contribution in [-0.2, 0) is 4.79 Å². The number of benzene rings is 2. The molecule has 8 heteroatoms. The molecule has 1 saturated heterocycles. The molecule has 0 aliphatic carbocycles. The van der Waals surface area contributed by atoms with E-state index in [-0.39, 0.29) is 11.8 Å². The lowest BCUT2D eigenvalue weighted by atomic mass is 9.97. The third-order valence-corrected chi connectivity index (χ3v) is 5.61. The van der Waals surface area contributed by atoms with Crippen molar-refractivity contribution in [3.05, 3.63) is 60.5 Å². The Morgan fingerprint density at radius 2 is 1.76 bits per heavy atom. The van der Waals surface area contributed by atoms with Crippen LogP contribution in [0.1, 0.15) is 31.6 Å². The van der Waals surface area contributed by atoms with E-state index in [4.69, 9.17) is 14.0 Å². The molecule has 1 fully saturated rings. The van der Waals surface area contributed by atoms with Gasteiger partial charge in [-0.15, -0.1) is 0 Å². The molecule has 0 radical (unpaired) electrons. The van der Waals surface area contributed by atoms with E-state index in [9.17, 15) is 4.79 Å². The topological polar surface area (TPSA) is 89.7 Å². The first kappa shape index (κ1) is 22.8. The highest BCUT2D eigenvalue weighted by atomic mass is 16.5. The second-order valence-electron chi connectivity index (χ2n) is 7.98. The predicted octanol–water partition coefficient (Wildman–Crippen LogP) is 3.51. The molecule has 1 aliphatic rings. The molecule has 1 amide bonds. The number of nitrogens with one attached hydrogen (secondary N) is 1. The smallest absolute Gasteiger partial charge is 0.234 e. The van der Waals surface area contributed by atoms with E-state index in [0.29, 0.717) is 38.0 Å². The summed E-state index contributed by atoms with van der Waals surface area (Å²) >= 11 is 0. The molecule has 0 saturated carbocycles. The normalized spacial score (nSPS) is 14.7. The predicted molar refractivity (Wildman–Crippen MR) is 124 cm³/mol. The van der Waals surface area contributed by atoms with Gasteiger partial charge in [-0.1, -0.05) is 35.5 Å². The molecule has 4 rings (SSSR count). The monoisotopic (exact) mass is 450 g/mol. The third kappa shape index (κ3) is 6.55. The standard InChI is InChI=1S/C25H30N4O4/c1-2-31-21-8-10-22(11-9-21)32-17-14-26-23(30)18-29-15-12-20(13-16-29)25-27-24(28-33-25)19-6-4-3-5-7-19/h3-11,20H,2,12-18H2,1H3,(H,26,30). The number of aromatic nitrogens is 2. The van der Waals surface area contributed by atoms with Crippen molar-refractivity contribution in [3.8, 4) is 22.9 Å². The van der Waals surface area contributed by atoms with E-state index < -0.39 is 0 Å². The van der Waals surface area contributed by atoms with Crippen LogP contribution in [0.15, 0.2) is 59.1 Å². The second-order valence-corrected chi connectivity index (χ2v) is 7.98. The molecular weight excluding hydrogens is 420 g/mol. The van der Waals surface area contributed by atoms with Crippen molar-refractivity contribution in [1.29, 1.82) is 0 Å². The van der Waals surface area contributed by atoms with Crippen molar-refractivity contribution in [1.82, 2.24) is 20.4 Å². The van der Waals surface area contributed by atoms with Crippen molar-refractivity contribution in [2.24, 2.45) is 0 Å². The maximum absolute atomic E-state index is 12.3. The van der Waals surface area contributed by atoms with Gasteiger partial charge in [-0.25, -0.2) is 0 Å². The number of nitrogens with zero attached hydrogens (tertiary/aromatic N) is 3. The van der Waals surface area contributed by atoms with E-state index in [0.717, 1.165) is 43.0 Å². The minimum absolute atomic E-state index is 0.00731. The number of amides is 1. The van der Waals surface area contributed by atoms with Gasteiger partial charge in [-0.2, -0.15) is 4.98 Å². The number of carbonyl (C=O) groups excluding carboxylic acids is 1. The van der Waals surface area contributed by atoms with Gasteiger partial charge in [0.2, 0.25) is 17.6 Å². The van der Waals surface area contributed by atoms with Crippen LogP contribution in [0.5, 0.6) is 11.5 Å². The van der Waals surface area contributed by atoms with Crippen LogP contribution >= 0.6 is 0 Å². The average Bonchev–Trinajstić information content (AvgIpc) is 3.35. The van der Waals surface area contributed by atoms with Crippen LogP contribution in [0, 0.1) is 0 Å². The molecule has 0 unspecified atom stereocenters. The van der Waals surface area contributed by atoms with E-state index >= 15 is 0 Å². The van der Waals surface area contributed by atoms with Crippen LogP contribution in [0.2, 0.25) is 0 Å². The highest BCUT2D eigenvalue weighted by molar-refractivity contribution is 5.78.